The first-order valence-corrected chi connectivity index (χ1v) is 7.08. The number of anilines is 1. The van der Waals surface area contributed by atoms with Crippen LogP contribution in [0.25, 0.3) is 6.08 Å². The topological polar surface area (TPSA) is 84.9 Å². The zero-order valence-electron chi connectivity index (χ0n) is 13.3. The maximum atomic E-state index is 12.0. The molecule has 6 nitrogen and oxygen atoms in total. The van der Waals surface area contributed by atoms with Gasteiger partial charge in [-0.3, -0.25) is 4.79 Å². The van der Waals surface area contributed by atoms with Crippen molar-refractivity contribution in [3.05, 3.63) is 59.7 Å². The normalized spacial score (nSPS) is 10.0. The van der Waals surface area contributed by atoms with E-state index in [0.717, 1.165) is 5.56 Å². The van der Waals surface area contributed by atoms with E-state index in [1.807, 2.05) is 0 Å². The lowest BCUT2D eigenvalue weighted by Crippen LogP contribution is -2.11. The summed E-state index contributed by atoms with van der Waals surface area (Å²) in [6.07, 6.45) is 2.92. The number of hydrogen-bond acceptors (Lipinski definition) is 4. The van der Waals surface area contributed by atoms with E-state index in [1.165, 1.54) is 25.3 Å². The highest BCUT2D eigenvalue weighted by atomic mass is 16.5. The predicted molar refractivity (Wildman–Crippen MR) is 97.3 cm³/mol. The molecule has 0 bridgehead atoms. The summed E-state index contributed by atoms with van der Waals surface area (Å²) < 4.78 is 10.3. The zero-order chi connectivity index (χ0) is 17.5. The molecule has 0 aliphatic rings. The van der Waals surface area contributed by atoms with Crippen LogP contribution < -0.4 is 14.8 Å². The first kappa shape index (κ1) is 19.8. The molecule has 0 aromatic heterocycles. The maximum Gasteiger partial charge on any atom is 0.337 e. The second kappa shape index (κ2) is 9.12. The summed E-state index contributed by atoms with van der Waals surface area (Å²) in [6.45, 7) is 0. The minimum Gasteiger partial charge on any atom is -0.493 e. The molecule has 2 rings (SSSR count). The molecule has 0 fully saturated rings. The van der Waals surface area contributed by atoms with Gasteiger partial charge in [0.25, 0.3) is 0 Å². The second-order valence-corrected chi connectivity index (χ2v) is 4.79. The number of aromatic carboxylic acids is 1. The molecule has 0 unspecified atom stereocenters. The van der Waals surface area contributed by atoms with Gasteiger partial charge in [-0.15, -0.1) is 0 Å². The molecular formula is C19H21NO5. The largest absolute Gasteiger partial charge is 0.493 e. The molecule has 0 saturated carbocycles. The van der Waals surface area contributed by atoms with Gasteiger partial charge in [-0.05, 0) is 35.9 Å². The minimum atomic E-state index is -1.10. The number of hydrogen-bond donors (Lipinski definition) is 2. The maximum absolute atomic E-state index is 12.0. The van der Waals surface area contributed by atoms with E-state index < -0.39 is 11.9 Å². The molecule has 25 heavy (non-hydrogen) atoms. The van der Waals surface area contributed by atoms with E-state index in [-0.39, 0.29) is 18.7 Å². The first-order valence-electron chi connectivity index (χ1n) is 7.08. The van der Waals surface area contributed by atoms with Crippen molar-refractivity contribution in [3.8, 4) is 11.5 Å². The van der Waals surface area contributed by atoms with Gasteiger partial charge in [0.2, 0.25) is 5.91 Å². The summed E-state index contributed by atoms with van der Waals surface area (Å²) >= 11 is 0. The van der Waals surface area contributed by atoms with Gasteiger partial charge in [0.05, 0.1) is 25.5 Å². The van der Waals surface area contributed by atoms with Crippen LogP contribution in [0.15, 0.2) is 48.5 Å². The Morgan fingerprint density at radius 3 is 2.36 bits per heavy atom. The van der Waals surface area contributed by atoms with Gasteiger partial charge in [0, 0.05) is 6.08 Å². The Kier molecular flexibility index (Phi) is 7.21. The highest BCUT2D eigenvalue weighted by Crippen LogP contribution is 2.28. The van der Waals surface area contributed by atoms with Gasteiger partial charge in [-0.25, -0.2) is 4.79 Å². The Labute approximate surface area is 146 Å². The Balaban J connectivity index is 0.00000312. The Morgan fingerprint density at radius 2 is 1.72 bits per heavy atom. The number of carbonyl (C=O) groups excluding carboxylic acids is 1. The fourth-order valence-corrected chi connectivity index (χ4v) is 2.08. The third-order valence-corrected chi connectivity index (χ3v) is 3.25. The van der Waals surface area contributed by atoms with Crippen molar-refractivity contribution in [1.82, 2.24) is 0 Å². The van der Waals surface area contributed by atoms with Gasteiger partial charge in [-0.2, -0.15) is 0 Å². The highest BCUT2D eigenvalue weighted by molar-refractivity contribution is 6.06. The van der Waals surface area contributed by atoms with Crippen molar-refractivity contribution in [2.75, 3.05) is 19.5 Å². The van der Waals surface area contributed by atoms with E-state index in [4.69, 9.17) is 14.6 Å². The summed E-state index contributed by atoms with van der Waals surface area (Å²) in [5.41, 5.74) is 1.02. The van der Waals surface area contributed by atoms with Crippen LogP contribution >= 0.6 is 0 Å². The average Bonchev–Trinajstić information content (AvgIpc) is 2.59. The number of rotatable bonds is 6. The van der Waals surface area contributed by atoms with E-state index in [1.54, 1.807) is 43.5 Å². The lowest BCUT2D eigenvalue weighted by Gasteiger charge is -2.08. The van der Waals surface area contributed by atoms with Crippen molar-refractivity contribution in [1.29, 1.82) is 0 Å². The number of methoxy groups -OCH3 is 2. The summed E-state index contributed by atoms with van der Waals surface area (Å²) in [4.78, 5) is 23.1. The lowest BCUT2D eigenvalue weighted by molar-refractivity contribution is -0.111. The third-order valence-electron chi connectivity index (χ3n) is 3.25. The molecule has 0 heterocycles. The van der Waals surface area contributed by atoms with Crippen molar-refractivity contribution in [2.24, 2.45) is 0 Å². The molecule has 0 radical (unpaired) electrons. The highest BCUT2D eigenvalue weighted by Gasteiger charge is 2.10. The van der Waals surface area contributed by atoms with Crippen LogP contribution in [0.1, 0.15) is 23.3 Å². The molecular weight excluding hydrogens is 322 g/mol. The summed E-state index contributed by atoms with van der Waals surface area (Å²) in [6, 6.07) is 11.4. The van der Waals surface area contributed by atoms with Gasteiger partial charge in [0.1, 0.15) is 0 Å². The van der Waals surface area contributed by atoms with E-state index in [2.05, 4.69) is 5.32 Å². The molecule has 2 aromatic rings. The average molecular weight is 343 g/mol. The van der Waals surface area contributed by atoms with Gasteiger partial charge >= 0.3 is 5.97 Å². The predicted octanol–water partition coefficient (Wildman–Crippen LogP) is 3.69. The standard InChI is InChI=1S/C18H17NO5.CH4/c1-23-15-9-7-12(11-16(15)24-2)8-10-17(20)19-14-6-4-3-5-13(14)18(21)22;/h3-11H,1-2H3,(H,19,20)(H,21,22);1H4/b10-8+;. The molecule has 6 heteroatoms. The molecule has 0 aliphatic heterocycles. The first-order chi connectivity index (χ1) is 11.5. The Morgan fingerprint density at radius 1 is 1.04 bits per heavy atom. The second-order valence-electron chi connectivity index (χ2n) is 4.79. The number of carboxylic acid groups (broad SMARTS) is 1. The van der Waals surface area contributed by atoms with E-state index in [9.17, 15) is 9.59 Å². The van der Waals surface area contributed by atoms with Gasteiger partial charge in [0.15, 0.2) is 11.5 Å². The third kappa shape index (κ3) is 5.10. The van der Waals surface area contributed by atoms with Crippen LogP contribution in [0.3, 0.4) is 0 Å². The monoisotopic (exact) mass is 343 g/mol. The van der Waals surface area contributed by atoms with Crippen molar-refractivity contribution in [3.63, 3.8) is 0 Å². The molecule has 2 aromatic carbocycles. The SMILES string of the molecule is C.COc1ccc(/C=C/C(=O)Nc2ccccc2C(=O)O)cc1OC. The van der Waals surface area contributed by atoms with Crippen LogP contribution in [-0.2, 0) is 4.79 Å². The molecule has 1 amide bonds. The number of carbonyl (C=O) groups is 2. The Hall–Kier alpha value is -3.28. The molecule has 0 atom stereocenters. The molecule has 0 saturated heterocycles. The molecule has 0 spiro atoms. The van der Waals surface area contributed by atoms with Crippen molar-refractivity contribution < 1.29 is 24.2 Å². The Bertz CT molecular complexity index is 783. The van der Waals surface area contributed by atoms with Crippen LogP contribution in [0, 0.1) is 0 Å². The molecule has 132 valence electrons. The smallest absolute Gasteiger partial charge is 0.337 e. The number of benzene rings is 2. The van der Waals surface area contributed by atoms with Crippen LogP contribution in [-0.4, -0.2) is 31.2 Å². The summed E-state index contributed by atoms with van der Waals surface area (Å²) in [5, 5.41) is 11.6. The molecule has 0 aliphatic carbocycles. The molecule has 2 N–H and O–H groups in total. The summed E-state index contributed by atoms with van der Waals surface area (Å²) in [7, 11) is 3.07. The number of nitrogens with one attached hydrogen (secondary N) is 1. The van der Waals surface area contributed by atoms with Crippen LogP contribution in [0.2, 0.25) is 0 Å². The number of amides is 1. The quantitative estimate of drug-likeness (QED) is 0.781. The fourth-order valence-electron chi connectivity index (χ4n) is 2.08. The van der Waals surface area contributed by atoms with E-state index in [0.29, 0.717) is 11.5 Å². The van der Waals surface area contributed by atoms with Crippen molar-refractivity contribution >= 4 is 23.6 Å². The minimum absolute atomic E-state index is 0. The zero-order valence-corrected chi connectivity index (χ0v) is 13.3. The number of para-hydroxylation sites is 1. The van der Waals surface area contributed by atoms with Crippen molar-refractivity contribution in [2.45, 2.75) is 7.43 Å². The van der Waals surface area contributed by atoms with Gasteiger partial charge in [-0.1, -0.05) is 25.6 Å². The van der Waals surface area contributed by atoms with E-state index >= 15 is 0 Å². The van der Waals surface area contributed by atoms with Crippen LogP contribution in [0.4, 0.5) is 5.69 Å². The fraction of sp³-hybridized carbons (Fsp3) is 0.158. The lowest BCUT2D eigenvalue weighted by atomic mass is 10.1. The van der Waals surface area contributed by atoms with Crippen LogP contribution in [0.5, 0.6) is 11.5 Å². The number of carboxylic acids is 1. The van der Waals surface area contributed by atoms with Gasteiger partial charge < -0.3 is 19.9 Å². The number of ether oxygens (including phenoxy) is 2. The summed E-state index contributed by atoms with van der Waals surface area (Å²) in [5.74, 6) is -0.390.